The summed E-state index contributed by atoms with van der Waals surface area (Å²) in [4.78, 5) is 26.7. The highest BCUT2D eigenvalue weighted by Crippen LogP contribution is 2.50. The van der Waals surface area contributed by atoms with Crippen molar-refractivity contribution >= 4 is 17.6 Å². The fraction of sp³-hybridized carbons (Fsp3) is 0.240. The van der Waals surface area contributed by atoms with Gasteiger partial charge in [0.05, 0.1) is 37.4 Å². The van der Waals surface area contributed by atoms with Crippen LogP contribution in [0.1, 0.15) is 17.0 Å². The molecule has 0 aromatic heterocycles. The molecule has 0 saturated heterocycles. The summed E-state index contributed by atoms with van der Waals surface area (Å²) in [6.45, 7) is 0. The van der Waals surface area contributed by atoms with E-state index in [2.05, 4.69) is 0 Å². The number of allylic oxidation sites excluding steroid dienone is 1. The standard InChI is InChI=1S/C25H19F6N3O5/c1-38-21(35)18-17(13-6-4-3-5-7-13)16(12-32)20(33)34(19(18)22(36)39-2)15-10-8-14(9-11-15)23(37,24(26,27)28)25(29,30)31/h3-11,17,37H,33H2,1-2H3. The number of anilines is 1. The first kappa shape index (κ1) is 29.1. The van der Waals surface area contributed by atoms with Crippen molar-refractivity contribution in [3.8, 4) is 6.07 Å². The SMILES string of the molecule is COC(=O)C1=C(C(=O)OC)N(c2ccc(C(O)(C(F)(F)F)C(F)(F)F)cc2)C(N)=C(C#N)C1c1ccccc1. The van der Waals surface area contributed by atoms with Gasteiger partial charge in [0.25, 0.3) is 5.60 Å². The zero-order valence-electron chi connectivity index (χ0n) is 20.1. The molecule has 14 heteroatoms. The molecule has 1 atom stereocenters. The summed E-state index contributed by atoms with van der Waals surface area (Å²) in [5.41, 5.74) is -1.85. The molecule has 1 heterocycles. The van der Waals surface area contributed by atoms with Gasteiger partial charge in [0, 0.05) is 11.3 Å². The molecule has 0 saturated carbocycles. The van der Waals surface area contributed by atoms with E-state index in [1.165, 1.54) is 12.1 Å². The van der Waals surface area contributed by atoms with Crippen LogP contribution in [0.3, 0.4) is 0 Å². The summed E-state index contributed by atoms with van der Waals surface area (Å²) < 4.78 is 89.6. The molecule has 2 aromatic rings. The summed E-state index contributed by atoms with van der Waals surface area (Å²) >= 11 is 0. The molecule has 2 aromatic carbocycles. The van der Waals surface area contributed by atoms with Crippen LogP contribution in [0, 0.1) is 11.3 Å². The lowest BCUT2D eigenvalue weighted by molar-refractivity contribution is -0.376. The van der Waals surface area contributed by atoms with Crippen LogP contribution < -0.4 is 10.6 Å². The number of aliphatic hydroxyl groups is 1. The molecule has 1 unspecified atom stereocenters. The fourth-order valence-electron chi connectivity index (χ4n) is 4.12. The van der Waals surface area contributed by atoms with E-state index in [0.29, 0.717) is 29.8 Å². The highest BCUT2D eigenvalue weighted by molar-refractivity contribution is 6.06. The number of halogens is 6. The fourth-order valence-corrected chi connectivity index (χ4v) is 4.12. The molecule has 0 spiro atoms. The minimum Gasteiger partial charge on any atom is -0.466 e. The summed E-state index contributed by atoms with van der Waals surface area (Å²) in [7, 11) is 1.95. The molecule has 0 radical (unpaired) electrons. The number of esters is 2. The van der Waals surface area contributed by atoms with Gasteiger partial charge in [-0.3, -0.25) is 4.90 Å². The van der Waals surface area contributed by atoms with Crippen molar-refractivity contribution in [3.63, 3.8) is 0 Å². The number of nitriles is 1. The van der Waals surface area contributed by atoms with E-state index in [1.807, 2.05) is 6.07 Å². The zero-order chi connectivity index (χ0) is 29.3. The zero-order valence-corrected chi connectivity index (χ0v) is 20.1. The largest absolute Gasteiger partial charge is 0.466 e. The van der Waals surface area contributed by atoms with Gasteiger partial charge in [-0.05, 0) is 17.7 Å². The van der Waals surface area contributed by atoms with E-state index in [4.69, 9.17) is 15.2 Å². The van der Waals surface area contributed by atoms with E-state index in [0.717, 1.165) is 19.1 Å². The van der Waals surface area contributed by atoms with Crippen LogP contribution in [-0.4, -0.2) is 43.6 Å². The number of carbonyl (C=O) groups is 2. The second kappa shape index (κ2) is 10.3. The monoisotopic (exact) mass is 555 g/mol. The first-order valence-electron chi connectivity index (χ1n) is 10.8. The minimum atomic E-state index is -6.14. The first-order valence-corrected chi connectivity index (χ1v) is 10.8. The van der Waals surface area contributed by atoms with Crippen LogP contribution in [-0.2, 0) is 24.7 Å². The van der Waals surface area contributed by atoms with E-state index in [9.17, 15) is 46.3 Å². The number of hydrogen-bond acceptors (Lipinski definition) is 8. The molecule has 206 valence electrons. The molecule has 39 heavy (non-hydrogen) atoms. The van der Waals surface area contributed by atoms with E-state index >= 15 is 0 Å². The van der Waals surface area contributed by atoms with E-state index < -0.39 is 58.5 Å². The van der Waals surface area contributed by atoms with Crippen LogP contribution >= 0.6 is 0 Å². The third-order valence-corrected chi connectivity index (χ3v) is 5.97. The molecule has 1 aliphatic heterocycles. The number of methoxy groups -OCH3 is 2. The second-order valence-electron chi connectivity index (χ2n) is 8.09. The molecule has 1 aliphatic rings. The lowest BCUT2D eigenvalue weighted by Crippen LogP contribution is -2.53. The lowest BCUT2D eigenvalue weighted by Gasteiger charge is -2.36. The van der Waals surface area contributed by atoms with Gasteiger partial charge >= 0.3 is 24.3 Å². The predicted octanol–water partition coefficient (Wildman–Crippen LogP) is 3.90. The van der Waals surface area contributed by atoms with Crippen molar-refractivity contribution in [2.75, 3.05) is 19.1 Å². The van der Waals surface area contributed by atoms with Gasteiger partial charge < -0.3 is 20.3 Å². The number of hydrogen-bond donors (Lipinski definition) is 2. The van der Waals surface area contributed by atoms with Crippen molar-refractivity contribution in [2.24, 2.45) is 5.73 Å². The maximum absolute atomic E-state index is 13.3. The van der Waals surface area contributed by atoms with Gasteiger partial charge in [0.1, 0.15) is 11.5 Å². The number of benzene rings is 2. The Morgan fingerprint density at radius 2 is 1.44 bits per heavy atom. The van der Waals surface area contributed by atoms with Gasteiger partial charge in [0.2, 0.25) is 0 Å². The topological polar surface area (TPSA) is 126 Å². The number of nitrogens with two attached hydrogens (primary N) is 1. The van der Waals surface area contributed by atoms with Crippen molar-refractivity contribution in [1.82, 2.24) is 0 Å². The maximum Gasteiger partial charge on any atom is 0.430 e. The third kappa shape index (κ3) is 4.76. The predicted molar refractivity (Wildman–Crippen MR) is 122 cm³/mol. The molecular weight excluding hydrogens is 536 g/mol. The highest BCUT2D eigenvalue weighted by Gasteiger charge is 2.71. The highest BCUT2D eigenvalue weighted by atomic mass is 19.4. The van der Waals surface area contributed by atoms with E-state index in [-0.39, 0.29) is 11.3 Å². The van der Waals surface area contributed by atoms with Crippen molar-refractivity contribution in [3.05, 3.63) is 88.4 Å². The Morgan fingerprint density at radius 3 is 1.87 bits per heavy atom. The van der Waals surface area contributed by atoms with Gasteiger partial charge in [-0.2, -0.15) is 31.6 Å². The Balaban J connectivity index is 2.33. The first-order chi connectivity index (χ1) is 18.1. The van der Waals surface area contributed by atoms with Crippen LogP contribution in [0.2, 0.25) is 0 Å². The van der Waals surface area contributed by atoms with Crippen molar-refractivity contribution < 1.29 is 50.5 Å². The van der Waals surface area contributed by atoms with Gasteiger partial charge in [0.15, 0.2) is 0 Å². The van der Waals surface area contributed by atoms with E-state index in [1.54, 1.807) is 18.2 Å². The molecule has 0 aliphatic carbocycles. The summed E-state index contributed by atoms with van der Waals surface area (Å²) in [6.07, 6.45) is -12.3. The van der Waals surface area contributed by atoms with Crippen molar-refractivity contribution in [2.45, 2.75) is 23.9 Å². The number of alkyl halides is 6. The Kier molecular flexibility index (Phi) is 7.70. The van der Waals surface area contributed by atoms with Gasteiger partial charge in [-0.1, -0.05) is 42.5 Å². The molecular formula is C25H19F6N3O5. The van der Waals surface area contributed by atoms with Crippen LogP contribution in [0.25, 0.3) is 0 Å². The van der Waals surface area contributed by atoms with Crippen molar-refractivity contribution in [1.29, 1.82) is 5.26 Å². The van der Waals surface area contributed by atoms with Gasteiger partial charge in [-0.15, -0.1) is 0 Å². The summed E-state index contributed by atoms with van der Waals surface area (Å²) in [6, 6.07) is 11.8. The summed E-state index contributed by atoms with van der Waals surface area (Å²) in [5, 5.41) is 19.6. The summed E-state index contributed by atoms with van der Waals surface area (Å²) in [5.74, 6) is -3.97. The number of nitrogens with zero attached hydrogens (tertiary/aromatic N) is 2. The molecule has 3 N–H and O–H groups in total. The van der Waals surface area contributed by atoms with Crippen LogP contribution in [0.5, 0.6) is 0 Å². The molecule has 8 nitrogen and oxygen atoms in total. The molecule has 0 fully saturated rings. The smallest absolute Gasteiger partial charge is 0.430 e. The number of rotatable bonds is 5. The molecule has 3 rings (SSSR count). The average molecular weight is 555 g/mol. The third-order valence-electron chi connectivity index (χ3n) is 5.97. The van der Waals surface area contributed by atoms with Gasteiger partial charge in [-0.25, -0.2) is 9.59 Å². The average Bonchev–Trinajstić information content (AvgIpc) is 2.90. The lowest BCUT2D eigenvalue weighted by atomic mass is 9.81. The minimum absolute atomic E-state index is 0.277. The normalized spacial score (nSPS) is 16.6. The number of ether oxygens (including phenoxy) is 2. The number of carbonyl (C=O) groups excluding carboxylic acids is 2. The Bertz CT molecular complexity index is 1360. The molecule has 0 amide bonds. The maximum atomic E-state index is 13.3. The Hall–Kier alpha value is -4.51. The quantitative estimate of drug-likeness (QED) is 0.421. The van der Waals surface area contributed by atoms with Crippen LogP contribution in [0.4, 0.5) is 32.0 Å². The molecule has 0 bridgehead atoms. The Labute approximate surface area is 217 Å². The Morgan fingerprint density at radius 1 is 0.923 bits per heavy atom. The second-order valence-corrected chi connectivity index (χ2v) is 8.09. The van der Waals surface area contributed by atoms with Crippen LogP contribution in [0.15, 0.2) is 77.3 Å².